The Morgan fingerprint density at radius 1 is 1.04 bits per heavy atom. The van der Waals surface area contributed by atoms with Crippen molar-refractivity contribution >= 4 is 16.7 Å². The van der Waals surface area contributed by atoms with E-state index in [1.807, 2.05) is 0 Å². The number of nitrogens with one attached hydrogen (secondary N) is 1. The molecule has 27 heavy (non-hydrogen) atoms. The van der Waals surface area contributed by atoms with Gasteiger partial charge in [-0.05, 0) is 29.8 Å². The molecule has 142 valence electrons. The topological polar surface area (TPSA) is 76.5 Å². The number of methoxy groups -OCH3 is 2. The van der Waals surface area contributed by atoms with Crippen LogP contribution in [0.3, 0.4) is 0 Å². The van der Waals surface area contributed by atoms with E-state index in [1.54, 1.807) is 42.5 Å². The number of benzene rings is 2. The van der Waals surface area contributed by atoms with Gasteiger partial charge in [0, 0.05) is 18.0 Å². The fourth-order valence-corrected chi connectivity index (χ4v) is 2.66. The molecule has 1 unspecified atom stereocenters. The van der Waals surface area contributed by atoms with Crippen LogP contribution in [-0.2, 0) is 0 Å². The highest BCUT2D eigenvalue weighted by molar-refractivity contribution is 5.89. The summed E-state index contributed by atoms with van der Waals surface area (Å²) in [5, 5.41) is 14.0. The minimum absolute atomic E-state index is 0.0556. The highest BCUT2D eigenvalue weighted by Gasteiger charge is 2.16. The molecule has 0 aliphatic rings. The Hall–Kier alpha value is -3.00. The molecule has 0 radical (unpaired) electrons. The first-order valence-electron chi connectivity index (χ1n) is 8.21. The Labute approximate surface area is 154 Å². The van der Waals surface area contributed by atoms with Crippen LogP contribution in [-0.4, -0.2) is 35.8 Å². The predicted molar refractivity (Wildman–Crippen MR) is 97.5 cm³/mol. The van der Waals surface area contributed by atoms with Gasteiger partial charge in [-0.3, -0.25) is 0 Å². The van der Waals surface area contributed by atoms with Crippen molar-refractivity contribution in [1.82, 2.24) is 9.97 Å². The van der Waals surface area contributed by atoms with Gasteiger partial charge in [0.15, 0.2) is 5.82 Å². The van der Waals surface area contributed by atoms with Gasteiger partial charge in [0.05, 0.1) is 25.8 Å². The van der Waals surface area contributed by atoms with Crippen molar-refractivity contribution in [3.63, 3.8) is 0 Å². The number of anilines is 1. The lowest BCUT2D eigenvalue weighted by molar-refractivity contribution is 0.141. The van der Waals surface area contributed by atoms with Gasteiger partial charge >= 0.3 is 0 Å². The highest BCUT2D eigenvalue weighted by atomic mass is 19.3. The van der Waals surface area contributed by atoms with Crippen LogP contribution < -0.4 is 14.8 Å². The highest BCUT2D eigenvalue weighted by Crippen LogP contribution is 2.28. The molecule has 1 atom stereocenters. The molecule has 1 aromatic heterocycles. The summed E-state index contributed by atoms with van der Waals surface area (Å²) in [6.45, 7) is 0.0556. The third-order valence-electron chi connectivity index (χ3n) is 4.04. The maximum atomic E-state index is 13.1. The van der Waals surface area contributed by atoms with Crippen LogP contribution in [0.1, 0.15) is 23.9 Å². The first kappa shape index (κ1) is 18.8. The molecule has 0 aliphatic carbocycles. The first-order valence-corrected chi connectivity index (χ1v) is 8.21. The monoisotopic (exact) mass is 375 g/mol. The first-order chi connectivity index (χ1) is 13.0. The number of hydrogen-bond donors (Lipinski definition) is 2. The number of rotatable bonds is 7. The largest absolute Gasteiger partial charge is 0.497 e. The Balaban J connectivity index is 1.86. The molecular formula is C19H19F2N3O3. The van der Waals surface area contributed by atoms with E-state index in [9.17, 15) is 13.9 Å². The van der Waals surface area contributed by atoms with Gasteiger partial charge in [0.1, 0.15) is 17.3 Å². The number of halogens is 2. The summed E-state index contributed by atoms with van der Waals surface area (Å²) >= 11 is 0. The number of aliphatic hydroxyl groups is 1. The van der Waals surface area contributed by atoms with E-state index in [1.165, 1.54) is 14.2 Å². The van der Waals surface area contributed by atoms with E-state index in [0.29, 0.717) is 28.0 Å². The van der Waals surface area contributed by atoms with Gasteiger partial charge in [0.2, 0.25) is 0 Å². The van der Waals surface area contributed by atoms with Gasteiger partial charge < -0.3 is 19.9 Å². The number of para-hydroxylation sites is 1. The van der Waals surface area contributed by atoms with Gasteiger partial charge in [-0.25, -0.2) is 18.7 Å². The average Bonchev–Trinajstić information content (AvgIpc) is 2.70. The number of alkyl halides is 2. The van der Waals surface area contributed by atoms with Crippen LogP contribution in [0, 0.1) is 0 Å². The minimum atomic E-state index is -2.79. The standard InChI is InChI=1S/C19H19F2N3O3/c1-26-12-7-11(8-13(9-12)27-2)16(25)10-22-18-14-5-3-4-6-15(14)23-19(24-18)17(20)21/h3-9,16-17,25H,10H2,1-2H3,(H,22,23,24). The Bertz CT molecular complexity index is 915. The van der Waals surface area contributed by atoms with Crippen LogP contribution in [0.15, 0.2) is 42.5 Å². The lowest BCUT2D eigenvalue weighted by atomic mass is 10.1. The van der Waals surface area contributed by atoms with Crippen molar-refractivity contribution < 1.29 is 23.4 Å². The van der Waals surface area contributed by atoms with Crippen molar-refractivity contribution in [3.8, 4) is 11.5 Å². The molecule has 0 amide bonds. The summed E-state index contributed by atoms with van der Waals surface area (Å²) in [5.41, 5.74) is 0.967. The summed E-state index contributed by atoms with van der Waals surface area (Å²) < 4.78 is 36.5. The second kappa shape index (κ2) is 8.13. The molecule has 8 heteroatoms. The molecule has 0 fully saturated rings. The quantitative estimate of drug-likeness (QED) is 0.655. The molecule has 0 saturated heterocycles. The molecule has 0 spiro atoms. The van der Waals surface area contributed by atoms with Crippen LogP contribution >= 0.6 is 0 Å². The summed E-state index contributed by atoms with van der Waals surface area (Å²) in [7, 11) is 3.03. The SMILES string of the molecule is COc1cc(OC)cc(C(O)CNc2nc(C(F)F)nc3ccccc23)c1. The zero-order chi connectivity index (χ0) is 19.4. The summed E-state index contributed by atoms with van der Waals surface area (Å²) in [5.74, 6) is 0.755. The Kier molecular flexibility index (Phi) is 5.66. The third kappa shape index (κ3) is 4.22. The second-order valence-corrected chi connectivity index (χ2v) is 5.79. The van der Waals surface area contributed by atoms with Crippen molar-refractivity contribution in [3.05, 3.63) is 53.9 Å². The van der Waals surface area contributed by atoms with E-state index in [0.717, 1.165) is 0 Å². The van der Waals surface area contributed by atoms with Crippen molar-refractivity contribution in [2.24, 2.45) is 0 Å². The summed E-state index contributed by atoms with van der Waals surface area (Å²) in [6, 6.07) is 11.9. The molecule has 3 aromatic rings. The van der Waals surface area contributed by atoms with E-state index in [-0.39, 0.29) is 12.4 Å². The van der Waals surface area contributed by atoms with Crippen molar-refractivity contribution in [2.45, 2.75) is 12.5 Å². The second-order valence-electron chi connectivity index (χ2n) is 5.79. The van der Waals surface area contributed by atoms with E-state index in [4.69, 9.17) is 9.47 Å². The zero-order valence-corrected chi connectivity index (χ0v) is 14.8. The van der Waals surface area contributed by atoms with Gasteiger partial charge in [-0.1, -0.05) is 12.1 Å². The number of fused-ring (bicyclic) bond motifs is 1. The van der Waals surface area contributed by atoms with Crippen LogP contribution in [0.2, 0.25) is 0 Å². The van der Waals surface area contributed by atoms with E-state index >= 15 is 0 Å². The molecule has 1 heterocycles. The Morgan fingerprint density at radius 2 is 1.70 bits per heavy atom. The Morgan fingerprint density at radius 3 is 2.33 bits per heavy atom. The fourth-order valence-electron chi connectivity index (χ4n) is 2.66. The molecule has 3 rings (SSSR count). The maximum Gasteiger partial charge on any atom is 0.297 e. The zero-order valence-electron chi connectivity index (χ0n) is 14.8. The van der Waals surface area contributed by atoms with E-state index < -0.39 is 18.4 Å². The lowest BCUT2D eigenvalue weighted by Crippen LogP contribution is -2.14. The average molecular weight is 375 g/mol. The third-order valence-corrected chi connectivity index (χ3v) is 4.04. The van der Waals surface area contributed by atoms with Crippen molar-refractivity contribution in [1.29, 1.82) is 0 Å². The molecule has 6 nitrogen and oxygen atoms in total. The molecule has 2 aromatic carbocycles. The molecule has 0 aliphatic heterocycles. The van der Waals surface area contributed by atoms with Gasteiger partial charge in [-0.15, -0.1) is 0 Å². The normalized spacial score (nSPS) is 12.2. The molecule has 0 bridgehead atoms. The number of aromatic nitrogens is 2. The number of aliphatic hydroxyl groups excluding tert-OH is 1. The van der Waals surface area contributed by atoms with Crippen LogP contribution in [0.5, 0.6) is 11.5 Å². The summed E-state index contributed by atoms with van der Waals surface area (Å²) in [4.78, 5) is 7.77. The molecule has 2 N–H and O–H groups in total. The molecule has 0 saturated carbocycles. The molecular weight excluding hydrogens is 356 g/mol. The minimum Gasteiger partial charge on any atom is -0.497 e. The maximum absolute atomic E-state index is 13.1. The van der Waals surface area contributed by atoms with Gasteiger partial charge in [0.25, 0.3) is 6.43 Å². The van der Waals surface area contributed by atoms with Crippen LogP contribution in [0.25, 0.3) is 10.9 Å². The van der Waals surface area contributed by atoms with Crippen LogP contribution in [0.4, 0.5) is 14.6 Å². The van der Waals surface area contributed by atoms with Gasteiger partial charge in [-0.2, -0.15) is 0 Å². The van der Waals surface area contributed by atoms with Crippen molar-refractivity contribution in [2.75, 3.05) is 26.1 Å². The van der Waals surface area contributed by atoms with E-state index in [2.05, 4.69) is 15.3 Å². The fraction of sp³-hybridized carbons (Fsp3) is 0.263. The number of nitrogens with zero attached hydrogens (tertiary/aromatic N) is 2. The predicted octanol–water partition coefficient (Wildman–Crippen LogP) is 3.73. The lowest BCUT2D eigenvalue weighted by Gasteiger charge is -2.16. The summed E-state index contributed by atoms with van der Waals surface area (Å²) in [6.07, 6.45) is -3.72. The number of ether oxygens (including phenoxy) is 2. The number of hydrogen-bond acceptors (Lipinski definition) is 6. The smallest absolute Gasteiger partial charge is 0.297 e.